The molecule has 7 heteroatoms. The Hall–Kier alpha value is -1.86. The fourth-order valence-corrected chi connectivity index (χ4v) is 3.93. The summed E-state index contributed by atoms with van der Waals surface area (Å²) in [5.74, 6) is -1.41. The Kier molecular flexibility index (Phi) is 4.68. The van der Waals surface area contributed by atoms with E-state index in [0.29, 0.717) is 4.91 Å². The first-order valence-corrected chi connectivity index (χ1v) is 8.59. The molecule has 1 aromatic rings. The Morgan fingerprint density at radius 1 is 1.26 bits per heavy atom. The molecule has 120 valence electrons. The molecule has 2 heterocycles. The number of hydrogen-bond acceptors (Lipinski definition) is 5. The molecule has 1 amide bonds. The van der Waals surface area contributed by atoms with Crippen LogP contribution in [-0.2, 0) is 9.59 Å². The summed E-state index contributed by atoms with van der Waals surface area (Å²) in [6.07, 6.45) is 4.22. The van der Waals surface area contributed by atoms with E-state index in [2.05, 4.69) is 17.0 Å². The second kappa shape index (κ2) is 6.72. The SMILES string of the molecule is O=C(O)CN1C(=O)C(=Cc2ccc(N3CCCC3)cc2)SC1=S. The first-order chi connectivity index (χ1) is 11.0. The van der Waals surface area contributed by atoms with Crippen molar-refractivity contribution in [1.82, 2.24) is 4.90 Å². The van der Waals surface area contributed by atoms with Gasteiger partial charge in [0.05, 0.1) is 4.91 Å². The summed E-state index contributed by atoms with van der Waals surface area (Å²) in [6, 6.07) is 8.04. The molecule has 0 atom stereocenters. The monoisotopic (exact) mass is 348 g/mol. The van der Waals surface area contributed by atoms with Gasteiger partial charge in [-0.25, -0.2) is 0 Å². The predicted molar refractivity (Wildman–Crippen MR) is 95.4 cm³/mol. The number of aliphatic carboxylic acids is 1. The lowest BCUT2D eigenvalue weighted by Gasteiger charge is -2.17. The van der Waals surface area contributed by atoms with E-state index < -0.39 is 12.5 Å². The number of anilines is 1. The summed E-state index contributed by atoms with van der Waals surface area (Å²) in [6.45, 7) is 1.79. The van der Waals surface area contributed by atoms with Gasteiger partial charge in [0.2, 0.25) is 0 Å². The maximum Gasteiger partial charge on any atom is 0.323 e. The maximum atomic E-state index is 12.2. The standard InChI is InChI=1S/C16H16N2O3S2/c19-14(20)10-18-15(21)13(23-16(18)22)9-11-3-5-12(6-4-11)17-7-1-2-8-17/h3-6,9H,1-2,7-8,10H2,(H,19,20). The molecule has 0 saturated carbocycles. The third-order valence-corrected chi connectivity index (χ3v) is 5.21. The molecule has 2 aliphatic heterocycles. The minimum atomic E-state index is -1.07. The Morgan fingerprint density at radius 3 is 2.52 bits per heavy atom. The molecule has 0 aromatic heterocycles. The van der Waals surface area contributed by atoms with Crippen LogP contribution in [0.2, 0.25) is 0 Å². The van der Waals surface area contributed by atoms with Crippen LogP contribution < -0.4 is 4.90 Å². The average molecular weight is 348 g/mol. The molecule has 0 spiro atoms. The van der Waals surface area contributed by atoms with Gasteiger partial charge in [-0.05, 0) is 36.6 Å². The summed E-state index contributed by atoms with van der Waals surface area (Å²) < 4.78 is 0.289. The lowest BCUT2D eigenvalue weighted by molar-refractivity contribution is -0.140. The molecule has 5 nitrogen and oxygen atoms in total. The highest BCUT2D eigenvalue weighted by molar-refractivity contribution is 8.26. The van der Waals surface area contributed by atoms with E-state index in [9.17, 15) is 9.59 Å². The minimum Gasteiger partial charge on any atom is -0.480 e. The van der Waals surface area contributed by atoms with Crippen LogP contribution in [0.1, 0.15) is 18.4 Å². The van der Waals surface area contributed by atoms with Crippen LogP contribution in [0, 0.1) is 0 Å². The molecule has 2 saturated heterocycles. The molecular weight excluding hydrogens is 332 g/mol. The second-order valence-corrected chi connectivity index (χ2v) is 7.12. The predicted octanol–water partition coefficient (Wildman–Crippen LogP) is 2.57. The van der Waals surface area contributed by atoms with E-state index in [1.54, 1.807) is 6.08 Å². The Morgan fingerprint density at radius 2 is 1.91 bits per heavy atom. The molecule has 1 aromatic carbocycles. The molecule has 0 aliphatic carbocycles. The van der Waals surface area contributed by atoms with Gasteiger partial charge >= 0.3 is 5.97 Å². The molecule has 23 heavy (non-hydrogen) atoms. The number of hydrogen-bond donors (Lipinski definition) is 1. The van der Waals surface area contributed by atoms with E-state index in [-0.39, 0.29) is 10.2 Å². The van der Waals surface area contributed by atoms with Crippen molar-refractivity contribution in [1.29, 1.82) is 0 Å². The van der Waals surface area contributed by atoms with Gasteiger partial charge in [0.1, 0.15) is 10.9 Å². The fraction of sp³-hybridized carbons (Fsp3) is 0.312. The summed E-state index contributed by atoms with van der Waals surface area (Å²) in [5.41, 5.74) is 2.10. The average Bonchev–Trinajstić information content (AvgIpc) is 3.13. The summed E-state index contributed by atoms with van der Waals surface area (Å²) >= 11 is 6.22. The van der Waals surface area contributed by atoms with Gasteiger partial charge in [-0.2, -0.15) is 0 Å². The number of thioether (sulfide) groups is 1. The van der Waals surface area contributed by atoms with Crippen LogP contribution in [0.25, 0.3) is 6.08 Å². The summed E-state index contributed by atoms with van der Waals surface area (Å²) in [7, 11) is 0. The number of carboxylic acids is 1. The number of carbonyl (C=O) groups is 2. The lowest BCUT2D eigenvalue weighted by Crippen LogP contribution is -2.33. The van der Waals surface area contributed by atoms with Gasteiger partial charge < -0.3 is 10.0 Å². The van der Waals surface area contributed by atoms with Crippen molar-refractivity contribution < 1.29 is 14.7 Å². The van der Waals surface area contributed by atoms with E-state index in [0.717, 1.165) is 35.3 Å². The van der Waals surface area contributed by atoms with E-state index >= 15 is 0 Å². The quantitative estimate of drug-likeness (QED) is 0.667. The van der Waals surface area contributed by atoms with Crippen molar-refractivity contribution in [3.63, 3.8) is 0 Å². The zero-order valence-corrected chi connectivity index (χ0v) is 14.0. The highest BCUT2D eigenvalue weighted by Crippen LogP contribution is 2.32. The molecule has 0 bridgehead atoms. The number of carbonyl (C=O) groups excluding carboxylic acids is 1. The second-order valence-electron chi connectivity index (χ2n) is 5.45. The highest BCUT2D eigenvalue weighted by Gasteiger charge is 2.33. The summed E-state index contributed by atoms with van der Waals surface area (Å²) in [5, 5.41) is 8.83. The fourth-order valence-electron chi connectivity index (χ4n) is 2.68. The number of amides is 1. The van der Waals surface area contributed by atoms with Gasteiger partial charge in [-0.3, -0.25) is 14.5 Å². The molecule has 0 radical (unpaired) electrons. The normalized spacial score (nSPS) is 19.9. The summed E-state index contributed by atoms with van der Waals surface area (Å²) in [4.78, 5) is 26.9. The molecule has 3 rings (SSSR count). The number of benzene rings is 1. The van der Waals surface area contributed by atoms with Gasteiger partial charge in [-0.1, -0.05) is 36.1 Å². The van der Waals surface area contributed by atoms with E-state index in [1.165, 1.54) is 18.5 Å². The maximum absolute atomic E-state index is 12.2. The van der Waals surface area contributed by atoms with Gasteiger partial charge in [0.15, 0.2) is 0 Å². The van der Waals surface area contributed by atoms with Crippen molar-refractivity contribution in [2.75, 3.05) is 24.5 Å². The zero-order chi connectivity index (χ0) is 16.4. The lowest BCUT2D eigenvalue weighted by atomic mass is 10.2. The van der Waals surface area contributed by atoms with Crippen LogP contribution in [-0.4, -0.2) is 45.8 Å². The number of nitrogens with zero attached hydrogens (tertiary/aromatic N) is 2. The Bertz CT molecular complexity index is 679. The topological polar surface area (TPSA) is 60.9 Å². The van der Waals surface area contributed by atoms with Crippen molar-refractivity contribution in [2.24, 2.45) is 0 Å². The van der Waals surface area contributed by atoms with Crippen LogP contribution in [0.4, 0.5) is 5.69 Å². The van der Waals surface area contributed by atoms with Crippen molar-refractivity contribution in [3.8, 4) is 0 Å². The van der Waals surface area contributed by atoms with Crippen molar-refractivity contribution in [3.05, 3.63) is 34.7 Å². The minimum absolute atomic E-state index is 0.289. The first-order valence-electron chi connectivity index (χ1n) is 7.37. The van der Waals surface area contributed by atoms with Crippen LogP contribution in [0.5, 0.6) is 0 Å². The van der Waals surface area contributed by atoms with Crippen molar-refractivity contribution >= 4 is 51.9 Å². The Balaban J connectivity index is 1.75. The van der Waals surface area contributed by atoms with Gasteiger partial charge in [-0.15, -0.1) is 0 Å². The molecule has 1 N–H and O–H groups in total. The number of thiocarbonyl (C=S) groups is 1. The Labute approximate surface area is 143 Å². The number of carboxylic acid groups (broad SMARTS) is 1. The largest absolute Gasteiger partial charge is 0.480 e. The smallest absolute Gasteiger partial charge is 0.323 e. The molecular formula is C16H16N2O3S2. The van der Waals surface area contributed by atoms with Crippen molar-refractivity contribution in [2.45, 2.75) is 12.8 Å². The third kappa shape index (κ3) is 3.56. The molecule has 2 fully saturated rings. The zero-order valence-electron chi connectivity index (χ0n) is 12.4. The molecule has 2 aliphatic rings. The first kappa shape index (κ1) is 16.0. The molecule has 0 unspecified atom stereocenters. The van der Waals surface area contributed by atoms with Crippen LogP contribution in [0.15, 0.2) is 29.2 Å². The highest BCUT2D eigenvalue weighted by atomic mass is 32.2. The third-order valence-electron chi connectivity index (χ3n) is 3.83. The van der Waals surface area contributed by atoms with Gasteiger partial charge in [0.25, 0.3) is 5.91 Å². The van der Waals surface area contributed by atoms with E-state index in [4.69, 9.17) is 17.3 Å². The van der Waals surface area contributed by atoms with Gasteiger partial charge in [0, 0.05) is 18.8 Å². The van der Waals surface area contributed by atoms with E-state index in [1.807, 2.05) is 12.1 Å². The number of rotatable bonds is 4. The van der Waals surface area contributed by atoms with Crippen LogP contribution >= 0.6 is 24.0 Å². The van der Waals surface area contributed by atoms with Crippen LogP contribution in [0.3, 0.4) is 0 Å².